The van der Waals surface area contributed by atoms with Crippen molar-refractivity contribution in [3.8, 4) is 0 Å². The molecule has 1 heterocycles. The fourth-order valence-electron chi connectivity index (χ4n) is 2.26. The van der Waals surface area contributed by atoms with Crippen LogP contribution in [0.15, 0.2) is 21.5 Å². The van der Waals surface area contributed by atoms with Crippen LogP contribution in [0.4, 0.5) is 0 Å². The molecule has 0 saturated carbocycles. The van der Waals surface area contributed by atoms with Crippen LogP contribution < -0.4 is 10.6 Å². The van der Waals surface area contributed by atoms with Crippen LogP contribution >= 0.6 is 0 Å². The molecule has 0 fully saturated rings. The number of rotatable bonds is 9. The lowest BCUT2D eigenvalue weighted by atomic mass is 10.0. The average molecular weight is 338 g/mol. The van der Waals surface area contributed by atoms with Crippen LogP contribution in [0.25, 0.3) is 0 Å². The van der Waals surface area contributed by atoms with E-state index in [1.165, 1.54) is 0 Å². The van der Waals surface area contributed by atoms with Crippen LogP contribution in [0.5, 0.6) is 0 Å². The Kier molecular flexibility index (Phi) is 8.28. The Labute approximate surface area is 146 Å². The number of aliphatic imine (C=N–C) groups is 1. The lowest BCUT2D eigenvalue weighted by Gasteiger charge is -2.24. The summed E-state index contributed by atoms with van der Waals surface area (Å²) in [4.78, 5) is 6.82. The Balaban J connectivity index is 2.58. The lowest BCUT2D eigenvalue weighted by molar-refractivity contribution is 0.0428. The summed E-state index contributed by atoms with van der Waals surface area (Å²) in [7, 11) is 2.13. The average Bonchev–Trinajstić information content (AvgIpc) is 2.99. The van der Waals surface area contributed by atoms with Gasteiger partial charge in [0.2, 0.25) is 0 Å². The monoisotopic (exact) mass is 338 g/mol. The molecule has 2 unspecified atom stereocenters. The van der Waals surface area contributed by atoms with Gasteiger partial charge in [0.15, 0.2) is 5.96 Å². The molecule has 2 atom stereocenters. The van der Waals surface area contributed by atoms with Crippen LogP contribution in [0.3, 0.4) is 0 Å². The predicted octanol–water partition coefficient (Wildman–Crippen LogP) is 2.08. The van der Waals surface area contributed by atoms with Crippen LogP contribution in [0.1, 0.15) is 45.6 Å². The molecule has 138 valence electrons. The van der Waals surface area contributed by atoms with E-state index in [2.05, 4.69) is 41.4 Å². The molecule has 0 aliphatic rings. The maximum Gasteiger partial charge on any atom is 0.191 e. The molecule has 1 aromatic heterocycles. The van der Waals surface area contributed by atoms with Crippen molar-refractivity contribution in [1.82, 2.24) is 15.5 Å². The number of hydrogen-bond donors (Lipinski definition) is 3. The zero-order chi connectivity index (χ0) is 18.2. The normalized spacial score (nSPS) is 16.1. The number of furan rings is 1. The molecule has 3 N–H and O–H groups in total. The first-order chi connectivity index (χ1) is 11.3. The van der Waals surface area contributed by atoms with E-state index in [1.54, 1.807) is 13.0 Å². The third kappa shape index (κ3) is 6.53. The minimum absolute atomic E-state index is 0.233. The SMILES string of the molecule is CCNC(=NCC(C)(O)c1ccc(C)o1)NCCN(C)C(C)CC. The molecule has 6 heteroatoms. The summed E-state index contributed by atoms with van der Waals surface area (Å²) in [6.45, 7) is 12.8. The van der Waals surface area contributed by atoms with Crippen molar-refractivity contribution in [2.45, 2.75) is 52.7 Å². The van der Waals surface area contributed by atoms with E-state index in [-0.39, 0.29) is 6.54 Å². The molecule has 0 bridgehead atoms. The summed E-state index contributed by atoms with van der Waals surface area (Å²) in [6.07, 6.45) is 1.14. The number of nitrogens with zero attached hydrogens (tertiary/aromatic N) is 2. The number of guanidine groups is 1. The highest BCUT2D eigenvalue weighted by atomic mass is 16.4. The largest absolute Gasteiger partial charge is 0.463 e. The minimum atomic E-state index is -1.12. The van der Waals surface area contributed by atoms with Gasteiger partial charge >= 0.3 is 0 Å². The second kappa shape index (κ2) is 9.69. The molecule has 0 aliphatic carbocycles. The van der Waals surface area contributed by atoms with Crippen molar-refractivity contribution in [3.05, 3.63) is 23.7 Å². The second-order valence-electron chi connectivity index (χ2n) is 6.54. The van der Waals surface area contributed by atoms with Gasteiger partial charge in [-0.2, -0.15) is 0 Å². The predicted molar refractivity (Wildman–Crippen MR) is 99.4 cm³/mol. The Bertz CT molecular complexity index is 511. The lowest BCUT2D eigenvalue weighted by Crippen LogP contribution is -2.43. The van der Waals surface area contributed by atoms with E-state index in [0.717, 1.165) is 31.8 Å². The molecule has 0 spiro atoms. The van der Waals surface area contributed by atoms with Gasteiger partial charge in [-0.25, -0.2) is 4.99 Å². The zero-order valence-corrected chi connectivity index (χ0v) is 16.0. The van der Waals surface area contributed by atoms with E-state index in [9.17, 15) is 5.11 Å². The maximum atomic E-state index is 10.6. The molecule has 1 aromatic rings. The second-order valence-corrected chi connectivity index (χ2v) is 6.54. The Morgan fingerprint density at radius 2 is 2.08 bits per heavy atom. The summed E-state index contributed by atoms with van der Waals surface area (Å²) < 4.78 is 5.53. The fourth-order valence-corrected chi connectivity index (χ4v) is 2.26. The highest BCUT2D eigenvalue weighted by Crippen LogP contribution is 2.22. The quantitative estimate of drug-likeness (QED) is 0.475. The van der Waals surface area contributed by atoms with Gasteiger partial charge < -0.3 is 25.1 Å². The third-order valence-corrected chi connectivity index (χ3v) is 4.26. The van der Waals surface area contributed by atoms with E-state index in [0.29, 0.717) is 17.8 Å². The van der Waals surface area contributed by atoms with Gasteiger partial charge in [-0.15, -0.1) is 0 Å². The molecule has 1 rings (SSSR count). The highest BCUT2D eigenvalue weighted by molar-refractivity contribution is 5.79. The van der Waals surface area contributed by atoms with Crippen LogP contribution in [0.2, 0.25) is 0 Å². The Hall–Kier alpha value is -1.53. The first-order valence-corrected chi connectivity index (χ1v) is 8.81. The highest BCUT2D eigenvalue weighted by Gasteiger charge is 2.26. The number of aliphatic hydroxyl groups is 1. The van der Waals surface area contributed by atoms with Crippen molar-refractivity contribution in [1.29, 1.82) is 0 Å². The molecule has 0 aliphatic heterocycles. The standard InChI is InChI=1S/C18H34N4O2/c1-7-14(3)22(6)12-11-20-17(19-8-2)21-13-18(5,23)16-10-9-15(4)24-16/h9-10,14,23H,7-8,11-13H2,1-6H3,(H2,19,20,21). The number of hydrogen-bond acceptors (Lipinski definition) is 4. The van der Waals surface area contributed by atoms with Gasteiger partial charge in [0.25, 0.3) is 0 Å². The van der Waals surface area contributed by atoms with Crippen molar-refractivity contribution in [3.63, 3.8) is 0 Å². The summed E-state index contributed by atoms with van der Waals surface area (Å²) in [5.41, 5.74) is -1.12. The molecular formula is C18H34N4O2. The first-order valence-electron chi connectivity index (χ1n) is 8.81. The van der Waals surface area contributed by atoms with Gasteiger partial charge in [0, 0.05) is 25.7 Å². The molecule has 6 nitrogen and oxygen atoms in total. The van der Waals surface area contributed by atoms with Gasteiger partial charge in [0.1, 0.15) is 17.1 Å². The van der Waals surface area contributed by atoms with E-state index in [1.807, 2.05) is 19.9 Å². The fraction of sp³-hybridized carbons (Fsp3) is 0.722. The molecule has 0 aromatic carbocycles. The van der Waals surface area contributed by atoms with E-state index < -0.39 is 5.60 Å². The molecule has 0 radical (unpaired) electrons. The number of aryl methyl sites for hydroxylation is 1. The van der Waals surface area contributed by atoms with Crippen LogP contribution in [0, 0.1) is 6.92 Å². The van der Waals surface area contributed by atoms with Gasteiger partial charge in [-0.3, -0.25) is 0 Å². The number of likely N-dealkylation sites (N-methyl/N-ethyl adjacent to an activating group) is 1. The first kappa shape index (κ1) is 20.5. The number of nitrogens with one attached hydrogen (secondary N) is 2. The third-order valence-electron chi connectivity index (χ3n) is 4.26. The van der Waals surface area contributed by atoms with Crippen molar-refractivity contribution >= 4 is 5.96 Å². The molecule has 0 amide bonds. The minimum Gasteiger partial charge on any atom is -0.463 e. The topological polar surface area (TPSA) is 73.0 Å². The maximum absolute atomic E-state index is 10.6. The van der Waals surface area contributed by atoms with Crippen molar-refractivity contribution in [2.24, 2.45) is 4.99 Å². The molecular weight excluding hydrogens is 304 g/mol. The molecule has 24 heavy (non-hydrogen) atoms. The molecule has 0 saturated heterocycles. The Morgan fingerprint density at radius 1 is 1.38 bits per heavy atom. The van der Waals surface area contributed by atoms with Gasteiger partial charge in [-0.05, 0) is 53.3 Å². The summed E-state index contributed by atoms with van der Waals surface area (Å²) in [6, 6.07) is 4.21. The van der Waals surface area contributed by atoms with Gasteiger partial charge in [-0.1, -0.05) is 6.92 Å². The summed E-state index contributed by atoms with van der Waals surface area (Å²) in [5.74, 6) is 2.03. The van der Waals surface area contributed by atoms with E-state index in [4.69, 9.17) is 4.42 Å². The summed E-state index contributed by atoms with van der Waals surface area (Å²) >= 11 is 0. The zero-order valence-electron chi connectivity index (χ0n) is 16.0. The smallest absolute Gasteiger partial charge is 0.191 e. The Morgan fingerprint density at radius 3 is 2.62 bits per heavy atom. The summed E-state index contributed by atoms with van der Waals surface area (Å²) in [5, 5.41) is 17.1. The van der Waals surface area contributed by atoms with Crippen molar-refractivity contribution < 1.29 is 9.52 Å². The van der Waals surface area contributed by atoms with Crippen LogP contribution in [-0.4, -0.2) is 55.2 Å². The van der Waals surface area contributed by atoms with Gasteiger partial charge in [0.05, 0.1) is 6.54 Å². The van der Waals surface area contributed by atoms with Crippen LogP contribution in [-0.2, 0) is 5.60 Å². The van der Waals surface area contributed by atoms with E-state index >= 15 is 0 Å². The van der Waals surface area contributed by atoms with Crippen molar-refractivity contribution in [2.75, 3.05) is 33.2 Å².